The third kappa shape index (κ3) is 2.59. The van der Waals surface area contributed by atoms with E-state index in [1.807, 2.05) is 0 Å². The summed E-state index contributed by atoms with van der Waals surface area (Å²) < 4.78 is 26.5. The van der Waals surface area contributed by atoms with Crippen molar-refractivity contribution in [2.24, 2.45) is 0 Å². The van der Waals surface area contributed by atoms with E-state index in [9.17, 15) is 13.6 Å². The van der Waals surface area contributed by atoms with E-state index in [1.54, 1.807) is 12.1 Å². The number of pyridine rings is 1. The molecule has 0 N–H and O–H groups in total. The minimum absolute atomic E-state index is 0.145. The van der Waals surface area contributed by atoms with Crippen LogP contribution in [0.25, 0.3) is 0 Å². The van der Waals surface area contributed by atoms with Crippen LogP contribution in [0.5, 0.6) is 0 Å². The second-order valence-corrected chi connectivity index (χ2v) is 3.90. The normalized spacial score (nSPS) is 12.1. The summed E-state index contributed by atoms with van der Waals surface area (Å²) in [5.41, 5.74) is 1.09. The molecule has 1 aromatic carbocycles. The van der Waals surface area contributed by atoms with Crippen molar-refractivity contribution < 1.29 is 13.6 Å². The molecule has 0 bridgehead atoms. The average Bonchev–Trinajstić information content (AvgIpc) is 2.38. The maximum Gasteiger partial charge on any atom is 0.145 e. The topological polar surface area (TPSA) is 30.0 Å². The highest BCUT2D eigenvalue weighted by atomic mass is 19.1. The first kappa shape index (κ1) is 12.4. The van der Waals surface area contributed by atoms with Gasteiger partial charge in [0.05, 0.1) is 6.20 Å². The van der Waals surface area contributed by atoms with Gasteiger partial charge in [-0.1, -0.05) is 12.1 Å². The van der Waals surface area contributed by atoms with Gasteiger partial charge in [0.15, 0.2) is 0 Å². The molecule has 2 aromatic rings. The van der Waals surface area contributed by atoms with Gasteiger partial charge >= 0.3 is 0 Å². The summed E-state index contributed by atoms with van der Waals surface area (Å²) in [7, 11) is 0. The first-order valence-electron chi connectivity index (χ1n) is 5.51. The van der Waals surface area contributed by atoms with E-state index in [1.165, 1.54) is 24.4 Å². The zero-order valence-electron chi connectivity index (χ0n) is 9.51. The summed E-state index contributed by atoms with van der Waals surface area (Å²) in [6, 6.07) is 7.25. The largest absolute Gasteiger partial charge is 0.303 e. The highest BCUT2D eigenvalue weighted by Crippen LogP contribution is 2.28. The summed E-state index contributed by atoms with van der Waals surface area (Å²) in [6.07, 6.45) is 3.46. The molecule has 2 nitrogen and oxygen atoms in total. The predicted molar refractivity (Wildman–Crippen MR) is 63.1 cm³/mol. The Labute approximate surface area is 103 Å². The van der Waals surface area contributed by atoms with Gasteiger partial charge in [-0.25, -0.2) is 8.78 Å². The number of nitrogens with zero attached hydrogens (tertiary/aromatic N) is 1. The Kier molecular flexibility index (Phi) is 3.77. The van der Waals surface area contributed by atoms with Gasteiger partial charge in [-0.15, -0.1) is 0 Å². The molecule has 1 heterocycles. The molecular formula is C14H11F2NO. The van der Waals surface area contributed by atoms with Crippen LogP contribution < -0.4 is 0 Å². The Morgan fingerprint density at radius 3 is 2.50 bits per heavy atom. The SMILES string of the molecule is O=CC[C@@H](c1ccc(F)cc1)c1ccncc1F. The summed E-state index contributed by atoms with van der Waals surface area (Å²) >= 11 is 0. The Bertz CT molecular complexity index is 540. The molecule has 0 aliphatic rings. The van der Waals surface area contributed by atoms with E-state index in [0.717, 1.165) is 12.5 Å². The van der Waals surface area contributed by atoms with Crippen LogP contribution in [0.3, 0.4) is 0 Å². The van der Waals surface area contributed by atoms with E-state index >= 15 is 0 Å². The van der Waals surface area contributed by atoms with E-state index < -0.39 is 11.7 Å². The molecule has 0 aliphatic carbocycles. The Hall–Kier alpha value is -2.10. The number of rotatable bonds is 4. The summed E-state index contributed by atoms with van der Waals surface area (Å²) in [5.74, 6) is -1.24. The number of benzene rings is 1. The molecule has 92 valence electrons. The van der Waals surface area contributed by atoms with E-state index in [0.29, 0.717) is 11.1 Å². The molecule has 18 heavy (non-hydrogen) atoms. The fraction of sp³-hybridized carbons (Fsp3) is 0.143. The Morgan fingerprint density at radius 2 is 1.89 bits per heavy atom. The lowest BCUT2D eigenvalue weighted by atomic mass is 9.89. The molecule has 0 spiro atoms. The van der Waals surface area contributed by atoms with Gasteiger partial charge in [-0.05, 0) is 29.3 Å². The van der Waals surface area contributed by atoms with Crippen LogP contribution in [0, 0.1) is 11.6 Å². The Balaban J connectivity index is 2.43. The van der Waals surface area contributed by atoms with Crippen LogP contribution in [0.15, 0.2) is 42.7 Å². The van der Waals surface area contributed by atoms with Gasteiger partial charge < -0.3 is 4.79 Å². The standard InChI is InChI=1S/C14H11F2NO/c15-11-3-1-10(2-4-11)12(6-8-18)13-5-7-17-9-14(13)16/h1-5,7-9,12H,6H2/t12-/m0/s1. The number of halogens is 2. The van der Waals surface area contributed by atoms with Crippen LogP contribution in [-0.4, -0.2) is 11.3 Å². The van der Waals surface area contributed by atoms with Gasteiger partial charge in [0.25, 0.3) is 0 Å². The second-order valence-electron chi connectivity index (χ2n) is 3.90. The molecular weight excluding hydrogens is 236 g/mol. The van der Waals surface area contributed by atoms with Crippen molar-refractivity contribution >= 4 is 6.29 Å². The van der Waals surface area contributed by atoms with Crippen LogP contribution >= 0.6 is 0 Å². The third-order valence-corrected chi connectivity index (χ3v) is 2.78. The first-order valence-corrected chi connectivity index (χ1v) is 5.51. The van der Waals surface area contributed by atoms with Crippen LogP contribution in [0.1, 0.15) is 23.5 Å². The molecule has 0 fully saturated rings. The fourth-order valence-electron chi connectivity index (χ4n) is 1.90. The monoisotopic (exact) mass is 247 g/mol. The van der Waals surface area contributed by atoms with Crippen molar-refractivity contribution in [2.75, 3.05) is 0 Å². The number of hydrogen-bond donors (Lipinski definition) is 0. The highest BCUT2D eigenvalue weighted by molar-refractivity contribution is 5.54. The number of carbonyl (C=O) groups excluding carboxylic acids is 1. The molecule has 0 unspecified atom stereocenters. The van der Waals surface area contributed by atoms with Gasteiger partial charge in [0, 0.05) is 18.5 Å². The van der Waals surface area contributed by atoms with Gasteiger partial charge in [0.1, 0.15) is 17.9 Å². The molecule has 0 radical (unpaired) electrons. The number of carbonyl (C=O) groups is 1. The minimum Gasteiger partial charge on any atom is -0.303 e. The van der Waals surface area contributed by atoms with Gasteiger partial charge in [-0.2, -0.15) is 0 Å². The van der Waals surface area contributed by atoms with Gasteiger partial charge in [-0.3, -0.25) is 4.98 Å². The zero-order chi connectivity index (χ0) is 13.0. The quantitative estimate of drug-likeness (QED) is 0.777. The predicted octanol–water partition coefficient (Wildman–Crippen LogP) is 3.08. The summed E-state index contributed by atoms with van der Waals surface area (Å²) in [4.78, 5) is 14.4. The Morgan fingerprint density at radius 1 is 1.17 bits per heavy atom. The van der Waals surface area contributed by atoms with Crippen molar-refractivity contribution in [3.05, 3.63) is 65.5 Å². The van der Waals surface area contributed by atoms with Crippen LogP contribution in [-0.2, 0) is 4.79 Å². The number of aldehydes is 1. The maximum atomic E-state index is 13.7. The second kappa shape index (κ2) is 5.49. The minimum atomic E-state index is -0.464. The average molecular weight is 247 g/mol. The van der Waals surface area contributed by atoms with Crippen LogP contribution in [0.2, 0.25) is 0 Å². The van der Waals surface area contributed by atoms with Crippen molar-refractivity contribution in [2.45, 2.75) is 12.3 Å². The third-order valence-electron chi connectivity index (χ3n) is 2.78. The molecule has 0 aliphatic heterocycles. The van der Waals surface area contributed by atoms with E-state index in [4.69, 9.17) is 0 Å². The molecule has 1 aromatic heterocycles. The summed E-state index contributed by atoms with van der Waals surface area (Å²) in [6.45, 7) is 0. The molecule has 0 amide bonds. The number of hydrogen-bond acceptors (Lipinski definition) is 2. The molecule has 0 saturated heterocycles. The van der Waals surface area contributed by atoms with Crippen molar-refractivity contribution in [1.82, 2.24) is 4.98 Å². The first-order chi connectivity index (χ1) is 8.72. The molecule has 4 heteroatoms. The highest BCUT2D eigenvalue weighted by Gasteiger charge is 2.17. The molecule has 0 saturated carbocycles. The van der Waals surface area contributed by atoms with E-state index in [-0.39, 0.29) is 12.2 Å². The van der Waals surface area contributed by atoms with Gasteiger partial charge in [0.2, 0.25) is 0 Å². The lowest BCUT2D eigenvalue weighted by Crippen LogP contribution is -2.05. The lowest BCUT2D eigenvalue weighted by molar-refractivity contribution is -0.108. The summed E-state index contributed by atoms with van der Waals surface area (Å²) in [5, 5.41) is 0. The van der Waals surface area contributed by atoms with Crippen LogP contribution in [0.4, 0.5) is 8.78 Å². The van der Waals surface area contributed by atoms with Crippen molar-refractivity contribution in [3.63, 3.8) is 0 Å². The lowest BCUT2D eigenvalue weighted by Gasteiger charge is -2.15. The van der Waals surface area contributed by atoms with Crippen molar-refractivity contribution in [3.8, 4) is 0 Å². The molecule has 2 rings (SSSR count). The number of aromatic nitrogens is 1. The maximum absolute atomic E-state index is 13.7. The smallest absolute Gasteiger partial charge is 0.145 e. The molecule has 1 atom stereocenters. The zero-order valence-corrected chi connectivity index (χ0v) is 9.51. The fourth-order valence-corrected chi connectivity index (χ4v) is 1.90. The van der Waals surface area contributed by atoms with E-state index in [2.05, 4.69) is 4.98 Å². The van der Waals surface area contributed by atoms with Crippen molar-refractivity contribution in [1.29, 1.82) is 0 Å².